The Labute approximate surface area is 106 Å². The van der Waals surface area contributed by atoms with Gasteiger partial charge in [0.05, 0.1) is 16.7 Å². The number of hydrogen-bond donors (Lipinski definition) is 1. The Morgan fingerprint density at radius 2 is 2.29 bits per heavy atom. The van der Waals surface area contributed by atoms with E-state index in [0.29, 0.717) is 10.6 Å². The average Bonchev–Trinajstić information content (AvgIpc) is 2.32. The van der Waals surface area contributed by atoms with E-state index < -0.39 is 0 Å². The fraction of sp³-hybridized carbons (Fsp3) is 0.462. The number of nitrogens with zero attached hydrogens (tertiary/aromatic N) is 2. The molecular weight excluding hydrogens is 236 g/mol. The summed E-state index contributed by atoms with van der Waals surface area (Å²) in [5, 5.41) is 19.0. The van der Waals surface area contributed by atoms with Crippen LogP contribution in [-0.4, -0.2) is 24.3 Å². The van der Waals surface area contributed by atoms with Crippen molar-refractivity contribution in [3.8, 4) is 6.07 Å². The average molecular weight is 251 g/mol. The highest BCUT2D eigenvalue weighted by Gasteiger charge is 2.24. The van der Waals surface area contributed by atoms with Crippen molar-refractivity contribution in [3.05, 3.63) is 28.8 Å². The minimum Gasteiger partial charge on any atom is -0.393 e. The normalized spacial score (nSPS) is 24.5. The van der Waals surface area contributed by atoms with Gasteiger partial charge in [-0.15, -0.1) is 0 Å². The summed E-state index contributed by atoms with van der Waals surface area (Å²) in [5.74, 6) is 0.262. The Bertz CT molecular complexity index is 455. The highest BCUT2D eigenvalue weighted by atomic mass is 35.5. The maximum atomic E-state index is 9.68. The summed E-state index contributed by atoms with van der Waals surface area (Å²) in [5.41, 5.74) is 1.52. The third kappa shape index (κ3) is 2.54. The van der Waals surface area contributed by atoms with Crippen molar-refractivity contribution in [1.82, 2.24) is 0 Å². The first kappa shape index (κ1) is 12.2. The SMILES string of the molecule is CC1CN(c2ccc(C#N)c(Cl)c2)CCC1O. The summed E-state index contributed by atoms with van der Waals surface area (Å²) in [6.07, 6.45) is 0.568. The molecule has 2 rings (SSSR count). The molecule has 2 unspecified atom stereocenters. The number of benzene rings is 1. The predicted octanol–water partition coefficient (Wildman–Crippen LogP) is 2.42. The van der Waals surface area contributed by atoms with Gasteiger partial charge in [-0.05, 0) is 30.5 Å². The second kappa shape index (κ2) is 4.95. The van der Waals surface area contributed by atoms with E-state index >= 15 is 0 Å². The zero-order chi connectivity index (χ0) is 12.4. The molecule has 3 nitrogen and oxygen atoms in total. The van der Waals surface area contributed by atoms with E-state index in [9.17, 15) is 5.11 Å². The Balaban J connectivity index is 2.18. The van der Waals surface area contributed by atoms with E-state index in [2.05, 4.69) is 11.0 Å². The van der Waals surface area contributed by atoms with Gasteiger partial charge in [-0.1, -0.05) is 18.5 Å². The molecule has 0 amide bonds. The molecule has 0 aromatic heterocycles. The van der Waals surface area contributed by atoms with E-state index in [1.54, 1.807) is 6.07 Å². The molecule has 2 atom stereocenters. The number of aliphatic hydroxyl groups is 1. The van der Waals surface area contributed by atoms with E-state index in [-0.39, 0.29) is 12.0 Å². The maximum Gasteiger partial charge on any atom is 0.101 e. The highest BCUT2D eigenvalue weighted by molar-refractivity contribution is 6.32. The smallest absolute Gasteiger partial charge is 0.101 e. The number of anilines is 1. The van der Waals surface area contributed by atoms with E-state index in [1.165, 1.54) is 0 Å². The molecule has 0 aliphatic carbocycles. The summed E-state index contributed by atoms with van der Waals surface area (Å²) in [6.45, 7) is 3.69. The van der Waals surface area contributed by atoms with Gasteiger partial charge in [-0.2, -0.15) is 5.26 Å². The van der Waals surface area contributed by atoms with Crippen molar-refractivity contribution in [1.29, 1.82) is 5.26 Å². The monoisotopic (exact) mass is 250 g/mol. The Kier molecular flexibility index (Phi) is 3.56. The fourth-order valence-electron chi connectivity index (χ4n) is 2.16. The molecule has 1 aromatic carbocycles. The second-order valence-electron chi connectivity index (χ2n) is 4.56. The minimum atomic E-state index is -0.208. The van der Waals surface area contributed by atoms with Gasteiger partial charge < -0.3 is 10.0 Å². The number of hydrogen-bond acceptors (Lipinski definition) is 3. The summed E-state index contributed by atoms with van der Waals surface area (Å²) >= 11 is 6.02. The van der Waals surface area contributed by atoms with Gasteiger partial charge in [0.1, 0.15) is 6.07 Å². The topological polar surface area (TPSA) is 47.3 Å². The lowest BCUT2D eigenvalue weighted by Gasteiger charge is -2.36. The van der Waals surface area contributed by atoms with Crippen LogP contribution in [-0.2, 0) is 0 Å². The van der Waals surface area contributed by atoms with Crippen molar-refractivity contribution in [2.45, 2.75) is 19.4 Å². The summed E-state index contributed by atoms with van der Waals surface area (Å²) < 4.78 is 0. The molecule has 0 spiro atoms. The standard InChI is InChI=1S/C13H15ClN2O/c1-9-8-16(5-4-13(9)17)11-3-2-10(7-15)12(14)6-11/h2-3,6,9,13,17H,4-5,8H2,1H3. The van der Waals surface area contributed by atoms with Crippen molar-refractivity contribution in [3.63, 3.8) is 0 Å². The van der Waals surface area contributed by atoms with Crippen LogP contribution in [0.25, 0.3) is 0 Å². The molecule has 1 aromatic rings. The van der Waals surface area contributed by atoms with Crippen LogP contribution in [0.2, 0.25) is 5.02 Å². The molecule has 0 radical (unpaired) electrons. The van der Waals surface area contributed by atoms with Crippen LogP contribution < -0.4 is 4.90 Å². The lowest BCUT2D eigenvalue weighted by molar-refractivity contribution is 0.0971. The highest BCUT2D eigenvalue weighted by Crippen LogP contribution is 2.27. The van der Waals surface area contributed by atoms with E-state index in [1.807, 2.05) is 19.1 Å². The van der Waals surface area contributed by atoms with Crippen LogP contribution in [0, 0.1) is 17.2 Å². The van der Waals surface area contributed by atoms with Crippen molar-refractivity contribution < 1.29 is 5.11 Å². The first-order valence-corrected chi connectivity index (χ1v) is 6.12. The van der Waals surface area contributed by atoms with Crippen LogP contribution in [0.3, 0.4) is 0 Å². The van der Waals surface area contributed by atoms with Crippen LogP contribution in [0.1, 0.15) is 18.9 Å². The van der Waals surface area contributed by atoms with Gasteiger partial charge in [0.2, 0.25) is 0 Å². The van der Waals surface area contributed by atoms with Crippen molar-refractivity contribution in [2.24, 2.45) is 5.92 Å². The largest absolute Gasteiger partial charge is 0.393 e. The number of nitriles is 1. The molecule has 0 saturated carbocycles. The van der Waals surface area contributed by atoms with Gasteiger partial charge >= 0.3 is 0 Å². The minimum absolute atomic E-state index is 0.208. The molecule has 90 valence electrons. The van der Waals surface area contributed by atoms with Gasteiger partial charge in [0.25, 0.3) is 0 Å². The fourth-order valence-corrected chi connectivity index (χ4v) is 2.38. The van der Waals surface area contributed by atoms with Crippen LogP contribution >= 0.6 is 11.6 Å². The molecule has 1 heterocycles. The zero-order valence-corrected chi connectivity index (χ0v) is 10.5. The first-order valence-electron chi connectivity index (χ1n) is 5.74. The van der Waals surface area contributed by atoms with Crippen LogP contribution in [0.15, 0.2) is 18.2 Å². The lowest BCUT2D eigenvalue weighted by atomic mass is 9.96. The molecule has 1 N–H and O–H groups in total. The quantitative estimate of drug-likeness (QED) is 0.833. The van der Waals surface area contributed by atoms with Gasteiger partial charge in [0.15, 0.2) is 0 Å². The third-order valence-corrected chi connectivity index (χ3v) is 3.61. The lowest BCUT2D eigenvalue weighted by Crippen LogP contribution is -2.41. The van der Waals surface area contributed by atoms with Gasteiger partial charge in [0, 0.05) is 18.8 Å². The van der Waals surface area contributed by atoms with E-state index in [4.69, 9.17) is 16.9 Å². The second-order valence-corrected chi connectivity index (χ2v) is 4.96. The molecule has 0 bridgehead atoms. The van der Waals surface area contributed by atoms with Crippen molar-refractivity contribution >= 4 is 17.3 Å². The first-order chi connectivity index (χ1) is 8.11. The predicted molar refractivity (Wildman–Crippen MR) is 68.2 cm³/mol. The molecule has 1 aliphatic rings. The maximum absolute atomic E-state index is 9.68. The van der Waals surface area contributed by atoms with Gasteiger partial charge in [-0.3, -0.25) is 0 Å². The Morgan fingerprint density at radius 3 is 2.88 bits per heavy atom. The van der Waals surface area contributed by atoms with Crippen molar-refractivity contribution in [2.75, 3.05) is 18.0 Å². The molecule has 1 saturated heterocycles. The number of rotatable bonds is 1. The van der Waals surface area contributed by atoms with Crippen LogP contribution in [0.5, 0.6) is 0 Å². The number of aliphatic hydroxyl groups excluding tert-OH is 1. The summed E-state index contributed by atoms with van der Waals surface area (Å²) in [4.78, 5) is 2.20. The molecule has 1 aliphatic heterocycles. The Hall–Kier alpha value is -1.24. The van der Waals surface area contributed by atoms with Gasteiger partial charge in [-0.25, -0.2) is 0 Å². The molecule has 4 heteroatoms. The third-order valence-electron chi connectivity index (χ3n) is 3.30. The van der Waals surface area contributed by atoms with E-state index in [0.717, 1.165) is 25.2 Å². The summed E-state index contributed by atoms with van der Waals surface area (Å²) in [6, 6.07) is 7.53. The Morgan fingerprint density at radius 1 is 1.53 bits per heavy atom. The van der Waals surface area contributed by atoms with Crippen LogP contribution in [0.4, 0.5) is 5.69 Å². The zero-order valence-electron chi connectivity index (χ0n) is 9.73. The number of piperidine rings is 1. The molecule has 1 fully saturated rings. The summed E-state index contributed by atoms with van der Waals surface area (Å²) in [7, 11) is 0. The molecular formula is C13H15ClN2O. The molecule has 17 heavy (non-hydrogen) atoms. The number of halogens is 1.